The molecule has 1 aliphatic carbocycles. The summed E-state index contributed by atoms with van der Waals surface area (Å²) in [4.78, 5) is 11.3. The van der Waals surface area contributed by atoms with Gasteiger partial charge < -0.3 is 9.47 Å². The van der Waals surface area contributed by atoms with Crippen molar-refractivity contribution in [3.8, 4) is 0 Å². The van der Waals surface area contributed by atoms with E-state index in [0.717, 1.165) is 22.6 Å². The molecule has 1 aromatic carbocycles. The number of ether oxygens (including phenoxy) is 2. The van der Waals surface area contributed by atoms with E-state index in [-0.39, 0.29) is 5.97 Å². The first-order valence-electron chi connectivity index (χ1n) is 5.65. The second-order valence-corrected chi connectivity index (χ2v) is 5.11. The molecule has 4 heteroatoms. The average molecular weight is 299 g/mol. The van der Waals surface area contributed by atoms with Gasteiger partial charge in [0.05, 0.1) is 19.3 Å². The molecule has 0 atom stereocenters. The Kier molecular flexibility index (Phi) is 4.18. The highest BCUT2D eigenvalue weighted by molar-refractivity contribution is 9.10. The number of halogens is 1. The topological polar surface area (TPSA) is 35.5 Å². The van der Waals surface area contributed by atoms with Crippen LogP contribution in [0.5, 0.6) is 0 Å². The molecule has 2 rings (SSSR count). The fraction of sp³-hybridized carbons (Fsp3) is 0.462. The van der Waals surface area contributed by atoms with Crippen LogP contribution in [0.1, 0.15) is 28.8 Å². The Balaban J connectivity index is 1.95. The molecule has 0 bridgehead atoms. The molecule has 0 unspecified atom stereocenters. The third-order valence-electron chi connectivity index (χ3n) is 2.78. The van der Waals surface area contributed by atoms with Gasteiger partial charge in [0.1, 0.15) is 0 Å². The fourth-order valence-electron chi connectivity index (χ4n) is 1.53. The maximum atomic E-state index is 11.3. The van der Waals surface area contributed by atoms with E-state index >= 15 is 0 Å². The summed E-state index contributed by atoms with van der Waals surface area (Å²) in [7, 11) is 1.38. The monoisotopic (exact) mass is 298 g/mol. The van der Waals surface area contributed by atoms with E-state index in [9.17, 15) is 4.79 Å². The number of hydrogen-bond donors (Lipinski definition) is 0. The first kappa shape index (κ1) is 12.6. The van der Waals surface area contributed by atoms with Crippen molar-refractivity contribution < 1.29 is 14.3 Å². The van der Waals surface area contributed by atoms with Crippen LogP contribution in [-0.2, 0) is 16.1 Å². The molecule has 1 aromatic rings. The molecule has 92 valence electrons. The van der Waals surface area contributed by atoms with E-state index in [2.05, 4.69) is 20.7 Å². The SMILES string of the molecule is COC(=O)c1ccc(COCC2CC2)c(Br)c1. The molecule has 0 aliphatic heterocycles. The maximum Gasteiger partial charge on any atom is 0.337 e. The molecular formula is C13H15BrO3. The Bertz CT molecular complexity index is 413. The first-order valence-corrected chi connectivity index (χ1v) is 6.44. The standard InChI is InChI=1S/C13H15BrO3/c1-16-13(15)10-4-5-11(12(14)6-10)8-17-7-9-2-3-9/h4-6,9H,2-3,7-8H2,1H3. The molecule has 1 saturated carbocycles. The lowest BCUT2D eigenvalue weighted by molar-refractivity contribution is 0.0600. The van der Waals surface area contributed by atoms with Gasteiger partial charge in [0.15, 0.2) is 0 Å². The number of benzene rings is 1. The van der Waals surface area contributed by atoms with E-state index in [1.165, 1.54) is 20.0 Å². The molecule has 1 aliphatic rings. The summed E-state index contributed by atoms with van der Waals surface area (Å²) < 4.78 is 11.2. The van der Waals surface area contributed by atoms with Crippen molar-refractivity contribution in [2.75, 3.05) is 13.7 Å². The van der Waals surface area contributed by atoms with Crippen LogP contribution < -0.4 is 0 Å². The lowest BCUT2D eigenvalue weighted by atomic mass is 10.1. The van der Waals surface area contributed by atoms with E-state index in [1.807, 2.05) is 6.07 Å². The molecule has 0 radical (unpaired) electrons. The number of carbonyl (C=O) groups is 1. The molecule has 0 amide bonds. The van der Waals surface area contributed by atoms with Crippen LogP contribution in [0.25, 0.3) is 0 Å². The Morgan fingerprint density at radius 1 is 1.47 bits per heavy atom. The molecule has 17 heavy (non-hydrogen) atoms. The van der Waals surface area contributed by atoms with Crippen molar-refractivity contribution in [1.82, 2.24) is 0 Å². The molecule has 0 N–H and O–H groups in total. The smallest absolute Gasteiger partial charge is 0.337 e. The molecule has 3 nitrogen and oxygen atoms in total. The minimum atomic E-state index is -0.323. The number of methoxy groups -OCH3 is 1. The highest BCUT2D eigenvalue weighted by Gasteiger charge is 2.21. The summed E-state index contributed by atoms with van der Waals surface area (Å²) in [6, 6.07) is 5.41. The van der Waals surface area contributed by atoms with Gasteiger partial charge in [-0.15, -0.1) is 0 Å². The second-order valence-electron chi connectivity index (χ2n) is 4.26. The molecule has 0 heterocycles. The van der Waals surface area contributed by atoms with Gasteiger partial charge in [-0.05, 0) is 36.5 Å². The average Bonchev–Trinajstić information content (AvgIpc) is 3.14. The lowest BCUT2D eigenvalue weighted by Crippen LogP contribution is -2.03. The number of rotatable bonds is 5. The highest BCUT2D eigenvalue weighted by atomic mass is 79.9. The summed E-state index contributed by atoms with van der Waals surface area (Å²) >= 11 is 3.44. The van der Waals surface area contributed by atoms with Gasteiger partial charge in [-0.25, -0.2) is 4.79 Å². The van der Waals surface area contributed by atoms with Gasteiger partial charge in [-0.3, -0.25) is 0 Å². The highest BCUT2D eigenvalue weighted by Crippen LogP contribution is 2.29. The summed E-state index contributed by atoms with van der Waals surface area (Å²) in [5.41, 5.74) is 1.60. The number of carbonyl (C=O) groups excluding carboxylic acids is 1. The van der Waals surface area contributed by atoms with Gasteiger partial charge in [0.25, 0.3) is 0 Å². The van der Waals surface area contributed by atoms with Crippen molar-refractivity contribution in [3.63, 3.8) is 0 Å². The summed E-state index contributed by atoms with van der Waals surface area (Å²) in [5, 5.41) is 0. The number of esters is 1. The minimum absolute atomic E-state index is 0.323. The van der Waals surface area contributed by atoms with Crippen LogP contribution in [0.4, 0.5) is 0 Å². The van der Waals surface area contributed by atoms with Crippen molar-refractivity contribution in [2.24, 2.45) is 5.92 Å². The zero-order chi connectivity index (χ0) is 12.3. The summed E-state index contributed by atoms with van der Waals surface area (Å²) in [5.74, 6) is 0.444. The van der Waals surface area contributed by atoms with E-state index < -0.39 is 0 Å². The Morgan fingerprint density at radius 3 is 2.82 bits per heavy atom. The van der Waals surface area contributed by atoms with Crippen molar-refractivity contribution >= 4 is 21.9 Å². The lowest BCUT2D eigenvalue weighted by Gasteiger charge is -2.07. The van der Waals surface area contributed by atoms with E-state index in [1.54, 1.807) is 12.1 Å². The van der Waals surface area contributed by atoms with Crippen molar-refractivity contribution in [1.29, 1.82) is 0 Å². The molecule has 1 fully saturated rings. The largest absolute Gasteiger partial charge is 0.465 e. The van der Waals surface area contributed by atoms with Crippen molar-refractivity contribution in [3.05, 3.63) is 33.8 Å². The van der Waals surface area contributed by atoms with Gasteiger partial charge >= 0.3 is 5.97 Å². The third-order valence-corrected chi connectivity index (χ3v) is 3.52. The van der Waals surface area contributed by atoms with Crippen LogP contribution in [0.3, 0.4) is 0 Å². The Hall–Kier alpha value is -0.870. The Labute approximate surface area is 109 Å². The third kappa shape index (κ3) is 3.54. The molecular weight excluding hydrogens is 284 g/mol. The zero-order valence-corrected chi connectivity index (χ0v) is 11.3. The normalized spacial score (nSPS) is 14.7. The van der Waals surface area contributed by atoms with Gasteiger partial charge in [-0.1, -0.05) is 22.0 Å². The minimum Gasteiger partial charge on any atom is -0.465 e. The van der Waals surface area contributed by atoms with Crippen LogP contribution in [0, 0.1) is 5.92 Å². The predicted molar refractivity (Wildman–Crippen MR) is 67.9 cm³/mol. The second kappa shape index (κ2) is 5.65. The van der Waals surface area contributed by atoms with Crippen LogP contribution >= 0.6 is 15.9 Å². The van der Waals surface area contributed by atoms with Gasteiger partial charge in [-0.2, -0.15) is 0 Å². The summed E-state index contributed by atoms with van der Waals surface area (Å²) in [6.07, 6.45) is 2.59. The quantitative estimate of drug-likeness (QED) is 0.783. The molecule has 0 spiro atoms. The first-order chi connectivity index (χ1) is 8.20. The fourth-order valence-corrected chi connectivity index (χ4v) is 2.02. The zero-order valence-electron chi connectivity index (χ0n) is 9.74. The van der Waals surface area contributed by atoms with Crippen LogP contribution in [-0.4, -0.2) is 19.7 Å². The van der Waals surface area contributed by atoms with E-state index in [4.69, 9.17) is 4.74 Å². The van der Waals surface area contributed by atoms with Crippen LogP contribution in [0.15, 0.2) is 22.7 Å². The predicted octanol–water partition coefficient (Wildman–Crippen LogP) is 3.16. The number of hydrogen-bond acceptors (Lipinski definition) is 3. The van der Waals surface area contributed by atoms with Crippen LogP contribution in [0.2, 0.25) is 0 Å². The Morgan fingerprint density at radius 2 is 2.24 bits per heavy atom. The molecule has 0 saturated heterocycles. The maximum absolute atomic E-state index is 11.3. The van der Waals surface area contributed by atoms with Gasteiger partial charge in [0, 0.05) is 11.1 Å². The van der Waals surface area contributed by atoms with Crippen molar-refractivity contribution in [2.45, 2.75) is 19.4 Å². The molecule has 0 aromatic heterocycles. The van der Waals surface area contributed by atoms with Gasteiger partial charge in [0.2, 0.25) is 0 Å². The summed E-state index contributed by atoms with van der Waals surface area (Å²) in [6.45, 7) is 1.42. The van der Waals surface area contributed by atoms with E-state index in [0.29, 0.717) is 12.2 Å².